The van der Waals surface area contributed by atoms with Gasteiger partial charge in [0.2, 0.25) is 0 Å². The third-order valence-corrected chi connectivity index (χ3v) is 7.42. The molecule has 1 atom stereocenters. The zero-order chi connectivity index (χ0) is 26.3. The number of likely N-dealkylation sites (N-methyl/N-ethyl adjacent to an activating group) is 1. The van der Waals surface area contributed by atoms with Crippen LogP contribution in [0.2, 0.25) is 5.02 Å². The van der Waals surface area contributed by atoms with Gasteiger partial charge in [-0.15, -0.1) is 0 Å². The molecule has 2 aliphatic rings. The highest BCUT2D eigenvalue weighted by molar-refractivity contribution is 6.31. The van der Waals surface area contributed by atoms with Gasteiger partial charge in [0.25, 0.3) is 5.91 Å². The van der Waals surface area contributed by atoms with Gasteiger partial charge in [0.15, 0.2) is 0 Å². The van der Waals surface area contributed by atoms with Crippen LogP contribution in [0.15, 0.2) is 36.4 Å². The van der Waals surface area contributed by atoms with Crippen molar-refractivity contribution in [3.63, 3.8) is 0 Å². The van der Waals surface area contributed by atoms with Crippen LogP contribution in [0.4, 0.5) is 23.7 Å². The molecule has 1 unspecified atom stereocenters. The Hall–Kier alpha value is -3.24. The van der Waals surface area contributed by atoms with Crippen LogP contribution < -0.4 is 10.6 Å². The van der Waals surface area contributed by atoms with E-state index in [1.54, 1.807) is 0 Å². The van der Waals surface area contributed by atoms with Crippen molar-refractivity contribution in [2.24, 2.45) is 0 Å². The fraction of sp³-hybridized carbons (Fsp3) is 0.385. The number of nitrogens with one attached hydrogen (secondary N) is 3. The predicted molar refractivity (Wildman–Crippen MR) is 136 cm³/mol. The van der Waals surface area contributed by atoms with Crippen molar-refractivity contribution < 1.29 is 22.8 Å². The molecule has 1 aliphatic carbocycles. The predicted octanol–water partition coefficient (Wildman–Crippen LogP) is 4.91. The molecular weight excluding hydrogens is 507 g/mol. The molecule has 2 aromatic carbocycles. The van der Waals surface area contributed by atoms with E-state index in [1.807, 2.05) is 30.1 Å². The van der Waals surface area contributed by atoms with Gasteiger partial charge in [-0.1, -0.05) is 17.7 Å². The number of carbonyl (C=O) groups excluding carboxylic acids is 2. The number of amides is 3. The number of aromatic nitrogens is 1. The highest BCUT2D eigenvalue weighted by Crippen LogP contribution is 2.36. The maximum absolute atomic E-state index is 13.1. The lowest BCUT2D eigenvalue weighted by atomic mass is 9.91. The number of hydrogen-bond donors (Lipinski definition) is 3. The number of nitrogens with zero attached hydrogens (tertiary/aromatic N) is 2. The summed E-state index contributed by atoms with van der Waals surface area (Å²) in [6, 6.07) is 8.18. The molecule has 1 aromatic heterocycles. The molecule has 3 aromatic rings. The van der Waals surface area contributed by atoms with E-state index in [9.17, 15) is 22.8 Å². The molecule has 0 radical (unpaired) electrons. The number of H-pyrrole nitrogens is 1. The van der Waals surface area contributed by atoms with Crippen LogP contribution in [-0.2, 0) is 19.0 Å². The molecule has 7 nitrogen and oxygen atoms in total. The molecule has 3 amide bonds. The summed E-state index contributed by atoms with van der Waals surface area (Å²) >= 11 is 5.66. The van der Waals surface area contributed by atoms with Crippen LogP contribution >= 0.6 is 11.6 Å². The van der Waals surface area contributed by atoms with Crippen molar-refractivity contribution in [3.05, 3.63) is 63.8 Å². The van der Waals surface area contributed by atoms with Crippen LogP contribution in [0.5, 0.6) is 0 Å². The third-order valence-electron chi connectivity index (χ3n) is 7.09. The smallest absolute Gasteiger partial charge is 0.358 e. The third kappa shape index (κ3) is 5.40. The fourth-order valence-corrected chi connectivity index (χ4v) is 5.27. The summed E-state index contributed by atoms with van der Waals surface area (Å²) in [6.45, 7) is 3.12. The van der Waals surface area contributed by atoms with Gasteiger partial charge in [-0.3, -0.25) is 4.79 Å². The van der Waals surface area contributed by atoms with Crippen molar-refractivity contribution in [3.8, 4) is 0 Å². The van der Waals surface area contributed by atoms with Crippen molar-refractivity contribution in [1.82, 2.24) is 20.1 Å². The van der Waals surface area contributed by atoms with Crippen molar-refractivity contribution in [1.29, 1.82) is 0 Å². The number of aromatic amines is 1. The lowest BCUT2D eigenvalue weighted by Gasteiger charge is -2.32. The number of hydrogen-bond acceptors (Lipinski definition) is 3. The van der Waals surface area contributed by atoms with E-state index in [-0.39, 0.29) is 17.6 Å². The standard InChI is InChI=1S/C26H27ClF3N5O2/c1-34-8-10-35(11-9-34)24(36)15-2-5-18-19-13-16(4-7-22(19)33-23(18)12-15)31-25(37)32-17-3-6-21(27)20(14-17)26(28,29)30/h2-3,5-6,12,14,16,33H,4,7-11,13H2,1H3,(H2,31,32,37). The lowest BCUT2D eigenvalue weighted by molar-refractivity contribution is -0.137. The first kappa shape index (κ1) is 25.4. The summed E-state index contributed by atoms with van der Waals surface area (Å²) in [7, 11) is 2.05. The quantitative estimate of drug-likeness (QED) is 0.448. The molecule has 196 valence electrons. The summed E-state index contributed by atoms with van der Waals surface area (Å²) in [6.07, 6.45) is -2.66. The number of benzene rings is 2. The van der Waals surface area contributed by atoms with Gasteiger partial charge >= 0.3 is 12.2 Å². The molecule has 0 bridgehead atoms. The van der Waals surface area contributed by atoms with Crippen molar-refractivity contribution in [2.45, 2.75) is 31.5 Å². The van der Waals surface area contributed by atoms with E-state index >= 15 is 0 Å². The van der Waals surface area contributed by atoms with Crippen molar-refractivity contribution in [2.75, 3.05) is 38.5 Å². The number of alkyl halides is 3. The lowest BCUT2D eigenvalue weighted by Crippen LogP contribution is -2.47. The zero-order valence-corrected chi connectivity index (χ0v) is 21.0. The Morgan fingerprint density at radius 1 is 1.08 bits per heavy atom. The average molecular weight is 534 g/mol. The zero-order valence-electron chi connectivity index (χ0n) is 20.2. The summed E-state index contributed by atoms with van der Waals surface area (Å²) < 4.78 is 39.3. The number of rotatable bonds is 3. The molecule has 5 rings (SSSR count). The van der Waals surface area contributed by atoms with Gasteiger partial charge in [0, 0.05) is 60.1 Å². The van der Waals surface area contributed by atoms with Gasteiger partial charge < -0.3 is 25.4 Å². The van der Waals surface area contributed by atoms with Crippen LogP contribution in [0.3, 0.4) is 0 Å². The Bertz CT molecular complexity index is 1350. The fourth-order valence-electron chi connectivity index (χ4n) is 5.05. The molecule has 1 fully saturated rings. The van der Waals surface area contributed by atoms with Gasteiger partial charge in [-0.25, -0.2) is 4.79 Å². The second-order valence-corrected chi connectivity index (χ2v) is 10.1. The SMILES string of the molecule is CN1CCN(C(=O)c2ccc3c4c([nH]c3c2)CCC(NC(=O)Nc2ccc(Cl)c(C(F)(F)F)c2)C4)CC1. The maximum atomic E-state index is 13.1. The second-order valence-electron chi connectivity index (χ2n) is 9.67. The van der Waals surface area contributed by atoms with Crippen LogP contribution in [0.1, 0.15) is 33.6 Å². The average Bonchev–Trinajstić information content (AvgIpc) is 3.21. The largest absolute Gasteiger partial charge is 0.417 e. The van der Waals surface area contributed by atoms with Gasteiger partial charge in [0.1, 0.15) is 0 Å². The van der Waals surface area contributed by atoms with Crippen LogP contribution in [0, 0.1) is 0 Å². The van der Waals surface area contributed by atoms with Crippen LogP contribution in [0.25, 0.3) is 10.9 Å². The first-order chi connectivity index (χ1) is 17.6. The first-order valence-corrected chi connectivity index (χ1v) is 12.5. The number of urea groups is 1. The monoisotopic (exact) mass is 533 g/mol. The number of anilines is 1. The molecule has 3 N–H and O–H groups in total. The van der Waals surface area contributed by atoms with E-state index in [2.05, 4.69) is 20.5 Å². The summed E-state index contributed by atoms with van der Waals surface area (Å²) in [4.78, 5) is 33.0. The minimum atomic E-state index is -4.62. The number of piperazine rings is 1. The van der Waals surface area contributed by atoms with E-state index in [0.29, 0.717) is 37.9 Å². The Balaban J connectivity index is 1.26. The molecule has 2 heterocycles. The van der Waals surface area contributed by atoms with Gasteiger partial charge in [-0.05, 0) is 62.2 Å². The summed E-state index contributed by atoms with van der Waals surface area (Å²) in [5.41, 5.74) is 2.69. The molecule has 1 saturated heterocycles. The topological polar surface area (TPSA) is 80.5 Å². The Morgan fingerprint density at radius 3 is 2.57 bits per heavy atom. The number of halogens is 4. The van der Waals surface area contributed by atoms with Gasteiger partial charge in [-0.2, -0.15) is 13.2 Å². The molecule has 37 heavy (non-hydrogen) atoms. The van der Waals surface area contributed by atoms with E-state index in [0.717, 1.165) is 47.4 Å². The molecule has 0 spiro atoms. The highest BCUT2D eigenvalue weighted by atomic mass is 35.5. The second kappa shape index (κ2) is 9.90. The van der Waals surface area contributed by atoms with Crippen LogP contribution in [-0.4, -0.2) is 66.0 Å². The Labute approximate surface area is 216 Å². The molecule has 0 saturated carbocycles. The first-order valence-electron chi connectivity index (χ1n) is 12.1. The Kier molecular flexibility index (Phi) is 6.80. The number of aryl methyl sites for hydroxylation is 1. The minimum Gasteiger partial charge on any atom is -0.358 e. The minimum absolute atomic E-state index is 0.00960. The normalized spacial score (nSPS) is 18.5. The summed E-state index contributed by atoms with van der Waals surface area (Å²) in [5, 5.41) is 5.92. The number of fused-ring (bicyclic) bond motifs is 3. The molecule has 1 aliphatic heterocycles. The van der Waals surface area contributed by atoms with Crippen molar-refractivity contribution >= 4 is 40.1 Å². The van der Waals surface area contributed by atoms with E-state index in [1.165, 1.54) is 6.07 Å². The number of carbonyl (C=O) groups is 2. The Morgan fingerprint density at radius 2 is 1.84 bits per heavy atom. The van der Waals surface area contributed by atoms with E-state index < -0.39 is 22.8 Å². The molecular formula is C26H27ClF3N5O2. The highest BCUT2D eigenvalue weighted by Gasteiger charge is 2.33. The van der Waals surface area contributed by atoms with Gasteiger partial charge in [0.05, 0.1) is 10.6 Å². The summed E-state index contributed by atoms with van der Waals surface area (Å²) in [5.74, 6) is 0.0228. The van der Waals surface area contributed by atoms with E-state index in [4.69, 9.17) is 11.6 Å². The maximum Gasteiger partial charge on any atom is 0.417 e. The molecule has 11 heteroatoms.